The maximum absolute atomic E-state index is 2.60. The minimum atomic E-state index is 0. The van der Waals surface area contributed by atoms with Crippen LogP contribution in [0.3, 0.4) is 0 Å². The second-order valence-electron chi connectivity index (χ2n) is 7.91. The van der Waals surface area contributed by atoms with Gasteiger partial charge < -0.3 is 12.8 Å². The molecule has 134 valence electrons. The van der Waals surface area contributed by atoms with E-state index in [0.29, 0.717) is 0 Å². The van der Waals surface area contributed by atoms with E-state index in [9.17, 15) is 0 Å². The minimum absolute atomic E-state index is 0. The fourth-order valence-electron chi connectivity index (χ4n) is 4.78. The first-order valence-corrected chi connectivity index (χ1v) is 9.72. The van der Waals surface area contributed by atoms with Crippen molar-refractivity contribution in [1.82, 2.24) is 0 Å². The Morgan fingerprint density at radius 2 is 1.00 bits per heavy atom. The van der Waals surface area contributed by atoms with Crippen LogP contribution in [0.4, 0.5) is 0 Å². The molecule has 3 aliphatic rings. The zero-order valence-electron chi connectivity index (χ0n) is 14.6. The van der Waals surface area contributed by atoms with Crippen LogP contribution in [0.15, 0.2) is 12.2 Å². The molecule has 0 aromatic rings. The quantitative estimate of drug-likeness (QED) is 0.238. The Labute approximate surface area is 172 Å². The van der Waals surface area contributed by atoms with Gasteiger partial charge in [0.25, 0.3) is 0 Å². The van der Waals surface area contributed by atoms with Gasteiger partial charge in [0, 0.05) is 40.8 Å². The molecule has 3 fully saturated rings. The fourth-order valence-corrected chi connectivity index (χ4v) is 4.78. The summed E-state index contributed by atoms with van der Waals surface area (Å²) >= 11 is 0. The SMILES string of the molecule is C(=CC1CCC(CC2CC[CH-]CC2)CC1)C1CC[CH-]CC1.[Re].[Re]. The predicted molar refractivity (Wildman–Crippen MR) is 91.7 cm³/mol. The van der Waals surface area contributed by atoms with Crippen molar-refractivity contribution in [1.29, 1.82) is 0 Å². The molecule has 0 N–H and O–H groups in total. The van der Waals surface area contributed by atoms with E-state index in [1.54, 1.807) is 6.42 Å². The second kappa shape index (κ2) is 12.4. The summed E-state index contributed by atoms with van der Waals surface area (Å²) < 4.78 is 0. The van der Waals surface area contributed by atoms with Gasteiger partial charge in [-0.2, -0.15) is 25.7 Å². The molecule has 3 rings (SSSR count). The average Bonchev–Trinajstić information content (AvgIpc) is 2.56. The van der Waals surface area contributed by atoms with Crippen LogP contribution in [-0.4, -0.2) is 0 Å². The molecule has 2 heteroatoms. The third-order valence-corrected chi connectivity index (χ3v) is 6.25. The van der Waals surface area contributed by atoms with Crippen LogP contribution in [0.5, 0.6) is 0 Å². The molecule has 0 heterocycles. The molecular formula is C21H34Re2-2. The van der Waals surface area contributed by atoms with Gasteiger partial charge in [0.1, 0.15) is 0 Å². The number of allylic oxidation sites excluding steroid dienone is 2. The van der Waals surface area contributed by atoms with Gasteiger partial charge in [-0.15, -0.1) is 0 Å². The van der Waals surface area contributed by atoms with Crippen LogP contribution in [0, 0.1) is 36.5 Å². The van der Waals surface area contributed by atoms with E-state index in [2.05, 4.69) is 25.0 Å². The van der Waals surface area contributed by atoms with Crippen molar-refractivity contribution in [3.8, 4) is 0 Å². The maximum Gasteiger partial charge on any atom is 0 e. The van der Waals surface area contributed by atoms with Crippen LogP contribution >= 0.6 is 0 Å². The molecule has 0 saturated heterocycles. The van der Waals surface area contributed by atoms with Gasteiger partial charge in [-0.1, -0.05) is 37.8 Å². The Balaban J connectivity index is 0.00000132. The molecule has 0 amide bonds. The minimum Gasteiger partial charge on any atom is -0.328 e. The first kappa shape index (κ1) is 22.1. The van der Waals surface area contributed by atoms with E-state index in [1.807, 2.05) is 0 Å². The van der Waals surface area contributed by atoms with Crippen molar-refractivity contribution in [2.45, 2.75) is 83.5 Å². The van der Waals surface area contributed by atoms with E-state index < -0.39 is 0 Å². The molecule has 0 aromatic carbocycles. The Kier molecular flexibility index (Phi) is 11.9. The van der Waals surface area contributed by atoms with Crippen molar-refractivity contribution in [2.24, 2.45) is 23.7 Å². The van der Waals surface area contributed by atoms with E-state index >= 15 is 0 Å². The van der Waals surface area contributed by atoms with Crippen LogP contribution in [0.25, 0.3) is 0 Å². The largest absolute Gasteiger partial charge is 0.328 e. The molecule has 0 nitrogen and oxygen atoms in total. The molecular weight excluding hydrogens is 625 g/mol. The van der Waals surface area contributed by atoms with Gasteiger partial charge in [0.15, 0.2) is 0 Å². The van der Waals surface area contributed by atoms with E-state index in [0.717, 1.165) is 23.7 Å². The molecule has 3 saturated carbocycles. The van der Waals surface area contributed by atoms with Crippen LogP contribution in [0.1, 0.15) is 83.5 Å². The van der Waals surface area contributed by atoms with Gasteiger partial charge in [-0.05, 0) is 55.8 Å². The Hall–Kier alpha value is 1.06. The van der Waals surface area contributed by atoms with Gasteiger partial charge in [-0.3, -0.25) is 0 Å². The first-order valence-electron chi connectivity index (χ1n) is 9.72. The summed E-state index contributed by atoms with van der Waals surface area (Å²) in [7, 11) is 0. The van der Waals surface area contributed by atoms with Gasteiger partial charge in [-0.25, -0.2) is 0 Å². The van der Waals surface area contributed by atoms with Gasteiger partial charge >= 0.3 is 0 Å². The summed E-state index contributed by atoms with van der Waals surface area (Å²) in [5, 5.41) is 0. The Bertz CT molecular complexity index is 306. The normalized spacial score (nSPS) is 30.6. The van der Waals surface area contributed by atoms with Crippen molar-refractivity contribution >= 4 is 0 Å². The molecule has 0 atom stereocenters. The topological polar surface area (TPSA) is 0 Å². The van der Waals surface area contributed by atoms with Gasteiger partial charge in [0.2, 0.25) is 0 Å². The molecule has 0 unspecified atom stereocenters. The Morgan fingerprint density at radius 1 is 0.565 bits per heavy atom. The fraction of sp³-hybridized carbons (Fsp3) is 0.810. The number of hydrogen-bond donors (Lipinski definition) is 0. The summed E-state index contributed by atoms with van der Waals surface area (Å²) in [6.45, 7) is 0. The second-order valence-corrected chi connectivity index (χ2v) is 7.91. The zero-order chi connectivity index (χ0) is 14.3. The summed E-state index contributed by atoms with van der Waals surface area (Å²) in [6.07, 6.45) is 28.9. The van der Waals surface area contributed by atoms with Crippen molar-refractivity contribution in [3.05, 3.63) is 25.0 Å². The van der Waals surface area contributed by atoms with Gasteiger partial charge in [0.05, 0.1) is 0 Å². The first-order chi connectivity index (χ1) is 10.4. The summed E-state index contributed by atoms with van der Waals surface area (Å²) in [4.78, 5) is 0. The van der Waals surface area contributed by atoms with Crippen molar-refractivity contribution < 1.29 is 40.8 Å². The molecule has 3 aliphatic carbocycles. The number of hydrogen-bond acceptors (Lipinski definition) is 0. The summed E-state index contributed by atoms with van der Waals surface area (Å²) in [5.41, 5.74) is 0. The summed E-state index contributed by atoms with van der Waals surface area (Å²) in [5.74, 6) is 3.92. The molecule has 0 aromatic heterocycles. The van der Waals surface area contributed by atoms with Crippen LogP contribution in [0.2, 0.25) is 0 Å². The standard InChI is InChI=1S/C21H34.2Re/c1-3-7-18(8-4-1)11-12-19-13-15-21(16-14-19)17-20-9-5-2-6-10-20;;/h1-2,11-12,18-21H,3-10,13-17H2;;/q-2;;. The van der Waals surface area contributed by atoms with Crippen LogP contribution < -0.4 is 0 Å². The summed E-state index contributed by atoms with van der Waals surface area (Å²) in [6, 6.07) is 0. The molecule has 0 bridgehead atoms. The van der Waals surface area contributed by atoms with E-state index in [1.165, 1.54) is 77.0 Å². The zero-order valence-corrected chi connectivity index (χ0v) is 20.0. The predicted octanol–water partition coefficient (Wildman–Crippen LogP) is 6.52. The van der Waals surface area contributed by atoms with Crippen molar-refractivity contribution in [2.75, 3.05) is 0 Å². The maximum atomic E-state index is 2.60. The molecule has 0 spiro atoms. The third kappa shape index (κ3) is 7.87. The third-order valence-electron chi connectivity index (χ3n) is 6.25. The smallest absolute Gasteiger partial charge is 0 e. The van der Waals surface area contributed by atoms with E-state index in [-0.39, 0.29) is 40.8 Å². The average molecular weight is 659 g/mol. The van der Waals surface area contributed by atoms with Crippen molar-refractivity contribution in [3.63, 3.8) is 0 Å². The number of rotatable bonds is 4. The molecule has 0 aliphatic heterocycles. The van der Waals surface area contributed by atoms with E-state index in [4.69, 9.17) is 0 Å². The molecule has 2 radical (unpaired) electrons. The Morgan fingerprint density at radius 3 is 1.57 bits per heavy atom. The van der Waals surface area contributed by atoms with Crippen LogP contribution in [-0.2, 0) is 40.8 Å². The monoisotopic (exact) mass is 660 g/mol. The molecule has 23 heavy (non-hydrogen) atoms.